The van der Waals surface area contributed by atoms with E-state index in [2.05, 4.69) is 0 Å². The van der Waals surface area contributed by atoms with Crippen molar-refractivity contribution in [2.75, 3.05) is 4.90 Å². The standard InChI is InChI=1S/C27H26N2O3/c1-19-8-12-22(13-9-19)18-28(25(30)16-21-6-4-3-5-7-21)24-17-26(31)29(27(24)32)23-14-10-20(2)11-15-23/h3-15,24H,16-18H2,1-2H3. The predicted molar refractivity (Wildman–Crippen MR) is 124 cm³/mol. The fourth-order valence-corrected chi connectivity index (χ4v) is 3.96. The fourth-order valence-electron chi connectivity index (χ4n) is 3.96. The minimum Gasteiger partial charge on any atom is -0.325 e. The van der Waals surface area contributed by atoms with Gasteiger partial charge in [0, 0.05) is 6.54 Å². The minimum absolute atomic E-state index is 0.0148. The molecule has 1 heterocycles. The molecule has 1 aliphatic heterocycles. The van der Waals surface area contributed by atoms with Crippen LogP contribution in [0.5, 0.6) is 0 Å². The molecule has 1 aliphatic rings. The quantitative estimate of drug-likeness (QED) is 0.555. The van der Waals surface area contributed by atoms with Crippen LogP contribution in [0.4, 0.5) is 5.69 Å². The number of hydrogen-bond acceptors (Lipinski definition) is 3. The number of benzene rings is 3. The van der Waals surface area contributed by atoms with Crippen molar-refractivity contribution in [2.45, 2.75) is 39.3 Å². The van der Waals surface area contributed by atoms with E-state index in [1.807, 2.05) is 80.6 Å². The van der Waals surface area contributed by atoms with Gasteiger partial charge >= 0.3 is 0 Å². The van der Waals surface area contributed by atoms with Crippen molar-refractivity contribution in [3.63, 3.8) is 0 Å². The average Bonchev–Trinajstić information content (AvgIpc) is 3.08. The zero-order valence-corrected chi connectivity index (χ0v) is 18.3. The average molecular weight is 427 g/mol. The van der Waals surface area contributed by atoms with Gasteiger partial charge < -0.3 is 4.90 Å². The van der Waals surface area contributed by atoms with Crippen LogP contribution in [0.1, 0.15) is 28.7 Å². The Bertz CT molecular complexity index is 1120. The molecule has 0 aromatic heterocycles. The molecule has 3 aromatic rings. The molecule has 5 heteroatoms. The summed E-state index contributed by atoms with van der Waals surface area (Å²) in [4.78, 5) is 42.3. The lowest BCUT2D eigenvalue weighted by Gasteiger charge is -2.28. The molecule has 4 rings (SSSR count). The lowest BCUT2D eigenvalue weighted by Crippen LogP contribution is -2.45. The van der Waals surface area contributed by atoms with Gasteiger partial charge in [0.15, 0.2) is 0 Å². The Morgan fingerprint density at radius 2 is 1.44 bits per heavy atom. The molecule has 1 unspecified atom stereocenters. The number of carbonyl (C=O) groups excluding carboxylic acids is 3. The van der Waals surface area contributed by atoms with Crippen LogP contribution in [0.2, 0.25) is 0 Å². The summed E-state index contributed by atoms with van der Waals surface area (Å²) in [6.07, 6.45) is 0.161. The Labute approximate surface area is 188 Å². The van der Waals surface area contributed by atoms with Crippen LogP contribution in [-0.4, -0.2) is 28.7 Å². The highest BCUT2D eigenvalue weighted by molar-refractivity contribution is 6.23. The molecule has 3 amide bonds. The van der Waals surface area contributed by atoms with E-state index in [0.29, 0.717) is 5.69 Å². The van der Waals surface area contributed by atoms with Crippen molar-refractivity contribution in [1.29, 1.82) is 0 Å². The van der Waals surface area contributed by atoms with E-state index in [-0.39, 0.29) is 37.1 Å². The van der Waals surface area contributed by atoms with Crippen LogP contribution < -0.4 is 4.90 Å². The van der Waals surface area contributed by atoms with Crippen LogP contribution in [-0.2, 0) is 27.3 Å². The molecule has 0 N–H and O–H groups in total. The maximum Gasteiger partial charge on any atom is 0.257 e. The summed E-state index contributed by atoms with van der Waals surface area (Å²) < 4.78 is 0. The summed E-state index contributed by atoms with van der Waals surface area (Å²) in [6, 6.07) is 23.8. The zero-order valence-electron chi connectivity index (χ0n) is 18.3. The van der Waals surface area contributed by atoms with Crippen LogP contribution in [0, 0.1) is 13.8 Å². The van der Waals surface area contributed by atoms with Gasteiger partial charge in [0.25, 0.3) is 5.91 Å². The van der Waals surface area contributed by atoms with E-state index in [1.165, 1.54) is 4.90 Å². The van der Waals surface area contributed by atoms with Gasteiger partial charge in [-0.1, -0.05) is 77.9 Å². The van der Waals surface area contributed by atoms with Gasteiger partial charge in [-0.05, 0) is 37.1 Å². The molecule has 32 heavy (non-hydrogen) atoms. The number of aryl methyl sites for hydroxylation is 2. The molecule has 3 aromatic carbocycles. The smallest absolute Gasteiger partial charge is 0.257 e. The molecule has 1 atom stereocenters. The van der Waals surface area contributed by atoms with Crippen LogP contribution in [0.15, 0.2) is 78.9 Å². The van der Waals surface area contributed by atoms with Gasteiger partial charge in [0.05, 0.1) is 18.5 Å². The third-order valence-electron chi connectivity index (χ3n) is 5.78. The number of hydrogen-bond donors (Lipinski definition) is 0. The monoisotopic (exact) mass is 426 g/mol. The van der Waals surface area contributed by atoms with Gasteiger partial charge in [-0.15, -0.1) is 0 Å². The summed E-state index contributed by atoms with van der Waals surface area (Å²) in [6.45, 7) is 4.23. The second kappa shape index (κ2) is 9.18. The number of rotatable bonds is 6. The maximum atomic E-state index is 13.4. The van der Waals surface area contributed by atoms with Crippen molar-refractivity contribution in [3.8, 4) is 0 Å². The Balaban J connectivity index is 1.63. The Kier molecular flexibility index (Phi) is 6.17. The second-order valence-electron chi connectivity index (χ2n) is 8.29. The number of carbonyl (C=O) groups is 3. The third kappa shape index (κ3) is 4.62. The second-order valence-corrected chi connectivity index (χ2v) is 8.29. The van der Waals surface area contributed by atoms with Crippen molar-refractivity contribution in [3.05, 3.63) is 101 Å². The molecule has 1 saturated heterocycles. The molecule has 0 bridgehead atoms. The van der Waals surface area contributed by atoms with E-state index in [4.69, 9.17) is 0 Å². The van der Waals surface area contributed by atoms with Crippen molar-refractivity contribution >= 4 is 23.4 Å². The first-order valence-corrected chi connectivity index (χ1v) is 10.7. The van der Waals surface area contributed by atoms with Gasteiger partial charge in [-0.2, -0.15) is 0 Å². The maximum absolute atomic E-state index is 13.4. The van der Waals surface area contributed by atoms with Gasteiger partial charge in [0.2, 0.25) is 11.8 Å². The van der Waals surface area contributed by atoms with Crippen LogP contribution >= 0.6 is 0 Å². The van der Waals surface area contributed by atoms with Crippen LogP contribution in [0.3, 0.4) is 0 Å². The molecular weight excluding hydrogens is 400 g/mol. The Morgan fingerprint density at radius 3 is 2.06 bits per heavy atom. The first kappa shape index (κ1) is 21.5. The molecular formula is C27H26N2O3. The summed E-state index contributed by atoms with van der Waals surface area (Å²) in [5.74, 6) is -0.814. The number of imide groups is 1. The molecule has 0 spiro atoms. The van der Waals surface area contributed by atoms with E-state index in [0.717, 1.165) is 22.3 Å². The Hall–Kier alpha value is -3.73. The highest BCUT2D eigenvalue weighted by Crippen LogP contribution is 2.27. The predicted octanol–water partition coefficient (Wildman–Crippen LogP) is 4.21. The molecule has 0 aliphatic carbocycles. The largest absolute Gasteiger partial charge is 0.325 e. The lowest BCUT2D eigenvalue weighted by molar-refractivity contribution is -0.138. The fraction of sp³-hybridized carbons (Fsp3) is 0.222. The number of anilines is 1. The van der Waals surface area contributed by atoms with Gasteiger partial charge in [0.1, 0.15) is 6.04 Å². The van der Waals surface area contributed by atoms with E-state index < -0.39 is 6.04 Å². The van der Waals surface area contributed by atoms with Gasteiger partial charge in [-0.3, -0.25) is 14.4 Å². The highest BCUT2D eigenvalue weighted by atomic mass is 16.2. The third-order valence-corrected chi connectivity index (χ3v) is 5.78. The minimum atomic E-state index is -0.818. The zero-order chi connectivity index (χ0) is 22.7. The summed E-state index contributed by atoms with van der Waals surface area (Å²) in [7, 11) is 0. The number of amides is 3. The van der Waals surface area contributed by atoms with E-state index in [9.17, 15) is 14.4 Å². The van der Waals surface area contributed by atoms with Crippen molar-refractivity contribution in [2.24, 2.45) is 0 Å². The van der Waals surface area contributed by atoms with Crippen molar-refractivity contribution in [1.82, 2.24) is 4.90 Å². The SMILES string of the molecule is Cc1ccc(CN(C(=O)Cc2ccccc2)C2CC(=O)N(c3ccc(C)cc3)C2=O)cc1. The van der Waals surface area contributed by atoms with E-state index >= 15 is 0 Å². The summed E-state index contributed by atoms with van der Waals surface area (Å²) in [5, 5.41) is 0. The highest BCUT2D eigenvalue weighted by Gasteiger charge is 2.44. The number of nitrogens with zero attached hydrogens (tertiary/aromatic N) is 2. The summed E-state index contributed by atoms with van der Waals surface area (Å²) >= 11 is 0. The first-order valence-electron chi connectivity index (χ1n) is 10.7. The normalized spacial score (nSPS) is 15.8. The molecule has 162 valence electrons. The molecule has 0 radical (unpaired) electrons. The van der Waals surface area contributed by atoms with Crippen LogP contribution in [0.25, 0.3) is 0 Å². The van der Waals surface area contributed by atoms with Gasteiger partial charge in [-0.25, -0.2) is 4.90 Å². The molecule has 5 nitrogen and oxygen atoms in total. The lowest BCUT2D eigenvalue weighted by atomic mass is 10.1. The topological polar surface area (TPSA) is 57.7 Å². The Morgan fingerprint density at radius 1 is 0.844 bits per heavy atom. The molecule has 1 fully saturated rings. The first-order chi connectivity index (χ1) is 15.4. The molecule has 0 saturated carbocycles. The summed E-state index contributed by atoms with van der Waals surface area (Å²) in [5.41, 5.74) is 4.50. The van der Waals surface area contributed by atoms with E-state index in [1.54, 1.807) is 17.0 Å². The van der Waals surface area contributed by atoms with Crippen molar-refractivity contribution < 1.29 is 14.4 Å².